The van der Waals surface area contributed by atoms with Crippen LogP contribution in [-0.2, 0) is 0 Å². The van der Waals surface area contributed by atoms with Crippen molar-refractivity contribution in [2.45, 2.75) is 44.2 Å². The molecule has 5 heteroatoms. The number of aromatic hydroxyl groups is 2. The number of hydrogen-bond acceptors (Lipinski definition) is 4. The van der Waals surface area contributed by atoms with Gasteiger partial charge in [-0.05, 0) is 25.0 Å². The second-order valence-corrected chi connectivity index (χ2v) is 5.06. The highest BCUT2D eigenvalue weighted by molar-refractivity contribution is 5.97. The summed E-state index contributed by atoms with van der Waals surface area (Å²) in [7, 11) is 0. The van der Waals surface area contributed by atoms with Crippen molar-refractivity contribution in [3.63, 3.8) is 0 Å². The molecule has 5 nitrogen and oxygen atoms in total. The van der Waals surface area contributed by atoms with Crippen LogP contribution in [0.25, 0.3) is 0 Å². The van der Waals surface area contributed by atoms with Gasteiger partial charge in [0.25, 0.3) is 5.91 Å². The molecule has 1 aromatic carbocycles. The third-order valence-electron chi connectivity index (χ3n) is 3.65. The van der Waals surface area contributed by atoms with Gasteiger partial charge in [0.05, 0.1) is 5.56 Å². The normalized spacial score (nSPS) is 23.6. The Labute approximate surface area is 112 Å². The first-order valence-electron chi connectivity index (χ1n) is 6.67. The molecule has 2 atom stereocenters. The van der Waals surface area contributed by atoms with Gasteiger partial charge >= 0.3 is 0 Å². The van der Waals surface area contributed by atoms with E-state index in [0.717, 1.165) is 32.1 Å². The Kier molecular flexibility index (Phi) is 4.27. The Hall–Kier alpha value is -1.75. The summed E-state index contributed by atoms with van der Waals surface area (Å²) >= 11 is 0. The summed E-state index contributed by atoms with van der Waals surface area (Å²) in [4.78, 5) is 12.1. The van der Waals surface area contributed by atoms with Crippen LogP contribution in [0.2, 0.25) is 0 Å². The minimum absolute atomic E-state index is 0.0501. The fourth-order valence-electron chi connectivity index (χ4n) is 2.48. The molecule has 2 unspecified atom stereocenters. The van der Waals surface area contributed by atoms with Crippen LogP contribution in [0.5, 0.6) is 11.5 Å². The second kappa shape index (κ2) is 5.93. The van der Waals surface area contributed by atoms with Crippen molar-refractivity contribution >= 4 is 5.91 Å². The lowest BCUT2D eigenvalue weighted by molar-refractivity contribution is 0.0925. The molecule has 19 heavy (non-hydrogen) atoms. The van der Waals surface area contributed by atoms with Crippen molar-refractivity contribution < 1.29 is 15.0 Å². The minimum atomic E-state index is -0.393. The predicted octanol–water partition coefficient (Wildman–Crippen LogP) is 1.49. The average molecular weight is 264 g/mol. The zero-order valence-corrected chi connectivity index (χ0v) is 10.8. The van der Waals surface area contributed by atoms with E-state index in [0.29, 0.717) is 0 Å². The van der Waals surface area contributed by atoms with Gasteiger partial charge in [0.15, 0.2) is 11.5 Å². The SMILES string of the molecule is NC1CCCCCC1NC(=O)c1cccc(O)c1O. The number of phenols is 2. The number of carbonyl (C=O) groups excluding carboxylic acids is 1. The van der Waals surface area contributed by atoms with Crippen LogP contribution in [0.1, 0.15) is 42.5 Å². The van der Waals surface area contributed by atoms with Crippen molar-refractivity contribution in [3.05, 3.63) is 23.8 Å². The minimum Gasteiger partial charge on any atom is -0.504 e. The first-order chi connectivity index (χ1) is 9.09. The van der Waals surface area contributed by atoms with Crippen LogP contribution in [0.15, 0.2) is 18.2 Å². The van der Waals surface area contributed by atoms with Crippen LogP contribution >= 0.6 is 0 Å². The van der Waals surface area contributed by atoms with E-state index in [1.807, 2.05) is 0 Å². The predicted molar refractivity (Wildman–Crippen MR) is 72.1 cm³/mol. The lowest BCUT2D eigenvalue weighted by atomic mass is 10.0. The zero-order valence-electron chi connectivity index (χ0n) is 10.8. The van der Waals surface area contributed by atoms with E-state index >= 15 is 0 Å². The molecule has 0 aliphatic heterocycles. The summed E-state index contributed by atoms with van der Waals surface area (Å²) in [6.45, 7) is 0. The summed E-state index contributed by atoms with van der Waals surface area (Å²) in [6.07, 6.45) is 5.02. The molecular weight excluding hydrogens is 244 g/mol. The fourth-order valence-corrected chi connectivity index (χ4v) is 2.48. The van der Waals surface area contributed by atoms with Crippen molar-refractivity contribution in [1.82, 2.24) is 5.32 Å². The van der Waals surface area contributed by atoms with Gasteiger partial charge in [-0.3, -0.25) is 4.79 Å². The summed E-state index contributed by atoms with van der Waals surface area (Å²) in [5, 5.41) is 21.9. The van der Waals surface area contributed by atoms with Gasteiger partial charge in [-0.25, -0.2) is 0 Å². The van der Waals surface area contributed by atoms with Crippen molar-refractivity contribution in [3.8, 4) is 11.5 Å². The molecule has 0 saturated heterocycles. The molecular formula is C14H20N2O3. The molecule has 1 fully saturated rings. The molecule has 1 amide bonds. The van der Waals surface area contributed by atoms with Gasteiger partial charge in [0, 0.05) is 12.1 Å². The van der Waals surface area contributed by atoms with Crippen molar-refractivity contribution in [2.75, 3.05) is 0 Å². The number of amides is 1. The summed E-state index contributed by atoms with van der Waals surface area (Å²) in [5.74, 6) is -1.07. The Morgan fingerprint density at radius 3 is 2.74 bits per heavy atom. The quantitative estimate of drug-likeness (QED) is 0.480. The highest BCUT2D eigenvalue weighted by Crippen LogP contribution is 2.28. The van der Waals surface area contributed by atoms with Gasteiger partial charge in [-0.1, -0.05) is 25.3 Å². The third-order valence-corrected chi connectivity index (χ3v) is 3.65. The topological polar surface area (TPSA) is 95.6 Å². The molecule has 1 saturated carbocycles. The Morgan fingerprint density at radius 2 is 1.95 bits per heavy atom. The molecule has 1 aliphatic rings. The highest BCUT2D eigenvalue weighted by Gasteiger charge is 2.24. The zero-order chi connectivity index (χ0) is 13.8. The van der Waals surface area contributed by atoms with E-state index in [-0.39, 0.29) is 29.1 Å². The fraction of sp³-hybridized carbons (Fsp3) is 0.500. The smallest absolute Gasteiger partial charge is 0.255 e. The van der Waals surface area contributed by atoms with Gasteiger partial charge in [-0.15, -0.1) is 0 Å². The maximum atomic E-state index is 12.1. The van der Waals surface area contributed by atoms with Crippen LogP contribution in [0.4, 0.5) is 0 Å². The number of benzene rings is 1. The molecule has 0 aromatic heterocycles. The number of carbonyl (C=O) groups is 1. The number of nitrogens with one attached hydrogen (secondary N) is 1. The van der Waals surface area contributed by atoms with Crippen molar-refractivity contribution in [2.24, 2.45) is 5.73 Å². The van der Waals surface area contributed by atoms with E-state index < -0.39 is 5.91 Å². The number of nitrogens with two attached hydrogens (primary N) is 1. The Bertz CT molecular complexity index is 462. The van der Waals surface area contributed by atoms with E-state index in [4.69, 9.17) is 5.73 Å². The van der Waals surface area contributed by atoms with Crippen LogP contribution in [-0.4, -0.2) is 28.2 Å². The number of phenolic OH excluding ortho intramolecular Hbond substituents is 2. The van der Waals surface area contributed by atoms with Gasteiger partial charge in [-0.2, -0.15) is 0 Å². The highest BCUT2D eigenvalue weighted by atomic mass is 16.3. The van der Waals surface area contributed by atoms with E-state index in [1.54, 1.807) is 0 Å². The van der Waals surface area contributed by atoms with Gasteiger partial charge in [0.2, 0.25) is 0 Å². The Morgan fingerprint density at radius 1 is 1.21 bits per heavy atom. The molecule has 5 N–H and O–H groups in total. The lowest BCUT2D eigenvalue weighted by Gasteiger charge is -2.22. The second-order valence-electron chi connectivity index (χ2n) is 5.06. The average Bonchev–Trinajstić information content (AvgIpc) is 2.58. The van der Waals surface area contributed by atoms with Crippen LogP contribution < -0.4 is 11.1 Å². The first-order valence-corrected chi connectivity index (χ1v) is 6.67. The maximum Gasteiger partial charge on any atom is 0.255 e. The lowest BCUT2D eigenvalue weighted by Crippen LogP contribution is -2.46. The van der Waals surface area contributed by atoms with E-state index in [9.17, 15) is 15.0 Å². The number of rotatable bonds is 2. The van der Waals surface area contributed by atoms with Crippen LogP contribution in [0.3, 0.4) is 0 Å². The molecule has 0 spiro atoms. The third kappa shape index (κ3) is 3.17. The van der Waals surface area contributed by atoms with Gasteiger partial charge in [0.1, 0.15) is 0 Å². The molecule has 0 bridgehead atoms. The van der Waals surface area contributed by atoms with Crippen molar-refractivity contribution in [1.29, 1.82) is 0 Å². The summed E-state index contributed by atoms with van der Waals surface area (Å²) in [5.41, 5.74) is 6.13. The number of para-hydroxylation sites is 1. The summed E-state index contributed by atoms with van der Waals surface area (Å²) < 4.78 is 0. The Balaban J connectivity index is 2.09. The number of hydrogen-bond donors (Lipinski definition) is 4. The monoisotopic (exact) mass is 264 g/mol. The largest absolute Gasteiger partial charge is 0.504 e. The maximum absolute atomic E-state index is 12.1. The molecule has 1 aromatic rings. The van der Waals surface area contributed by atoms with E-state index in [2.05, 4.69) is 5.32 Å². The molecule has 1 aliphatic carbocycles. The molecule has 104 valence electrons. The van der Waals surface area contributed by atoms with E-state index in [1.165, 1.54) is 18.2 Å². The first kappa shape index (κ1) is 13.7. The van der Waals surface area contributed by atoms with Gasteiger partial charge < -0.3 is 21.3 Å². The molecule has 0 radical (unpaired) electrons. The molecule has 0 heterocycles. The summed E-state index contributed by atoms with van der Waals surface area (Å²) in [6, 6.07) is 4.22. The standard InChI is InChI=1S/C14H20N2O3/c15-10-6-2-1-3-7-11(10)16-14(19)9-5-4-8-12(17)13(9)18/h4-5,8,10-11,17-18H,1-3,6-7,15H2,(H,16,19). The van der Waals surface area contributed by atoms with Crippen LogP contribution in [0, 0.1) is 0 Å². The molecule has 2 rings (SSSR count).